The van der Waals surface area contributed by atoms with Gasteiger partial charge in [-0.15, -0.1) is 0 Å². The first-order chi connectivity index (χ1) is 7.74. The van der Waals surface area contributed by atoms with Crippen molar-refractivity contribution < 1.29 is 4.74 Å². The van der Waals surface area contributed by atoms with Crippen LogP contribution >= 0.6 is 12.6 Å². The fraction of sp³-hybridized carbons (Fsp3) is 0.600. The van der Waals surface area contributed by atoms with Gasteiger partial charge in [0.05, 0.1) is 6.61 Å². The van der Waals surface area contributed by atoms with Gasteiger partial charge in [0, 0.05) is 5.41 Å². The summed E-state index contributed by atoms with van der Waals surface area (Å²) in [7, 11) is 0. The van der Waals surface area contributed by atoms with E-state index < -0.39 is 0 Å². The summed E-state index contributed by atoms with van der Waals surface area (Å²) < 4.78 is 5.85. The molecule has 0 aliphatic carbocycles. The Hall–Kier alpha value is -0.630. The van der Waals surface area contributed by atoms with Crippen molar-refractivity contribution in [2.45, 2.75) is 40.0 Å². The summed E-state index contributed by atoms with van der Waals surface area (Å²) in [6, 6.07) is 8.36. The molecule has 0 spiro atoms. The minimum Gasteiger partial charge on any atom is -0.493 e. The molecular formula is C15H24OS. The highest BCUT2D eigenvalue weighted by molar-refractivity contribution is 7.80. The molecule has 0 aromatic heterocycles. The molecule has 0 aliphatic rings. The molecule has 0 atom stereocenters. The largest absolute Gasteiger partial charge is 0.493 e. The predicted molar refractivity (Wildman–Crippen MR) is 78.3 cm³/mol. The molecule has 2 heteroatoms. The van der Waals surface area contributed by atoms with Crippen LogP contribution < -0.4 is 4.74 Å². The molecule has 0 radical (unpaired) electrons. The van der Waals surface area contributed by atoms with E-state index >= 15 is 0 Å². The lowest BCUT2D eigenvalue weighted by Crippen LogP contribution is -2.23. The van der Waals surface area contributed by atoms with Crippen LogP contribution in [0.5, 0.6) is 5.75 Å². The first-order valence-electron chi connectivity index (χ1n) is 6.09. The molecule has 0 bridgehead atoms. The van der Waals surface area contributed by atoms with Gasteiger partial charge in [-0.25, -0.2) is 0 Å². The summed E-state index contributed by atoms with van der Waals surface area (Å²) in [5, 5.41) is 0. The summed E-state index contributed by atoms with van der Waals surface area (Å²) in [6.45, 7) is 11.7. The van der Waals surface area contributed by atoms with Gasteiger partial charge in [-0.3, -0.25) is 0 Å². The normalized spacial score (nSPS) is 12.6. The summed E-state index contributed by atoms with van der Waals surface area (Å²) in [5.74, 6) is 1.78. The second kappa shape index (κ2) is 5.34. The molecule has 0 fully saturated rings. The van der Waals surface area contributed by atoms with Gasteiger partial charge in [0.2, 0.25) is 0 Å². The Kier molecular flexibility index (Phi) is 4.54. The molecule has 1 nitrogen and oxygen atoms in total. The van der Waals surface area contributed by atoms with E-state index in [1.807, 2.05) is 6.07 Å². The van der Waals surface area contributed by atoms with Crippen LogP contribution in [0.3, 0.4) is 0 Å². The first kappa shape index (κ1) is 14.4. The van der Waals surface area contributed by atoms with Crippen LogP contribution in [0.15, 0.2) is 24.3 Å². The molecule has 1 rings (SSSR count). The zero-order valence-corrected chi connectivity index (χ0v) is 12.5. The summed E-state index contributed by atoms with van der Waals surface area (Å²) >= 11 is 4.33. The standard InChI is InChI=1S/C15H24OS/c1-14(2,3)12-7-6-8-13(9-12)16-10-15(4,5)11-17/h6-9,17H,10-11H2,1-5H3. The quantitative estimate of drug-likeness (QED) is 0.785. The van der Waals surface area contributed by atoms with Gasteiger partial charge in [-0.2, -0.15) is 12.6 Å². The van der Waals surface area contributed by atoms with E-state index in [0.29, 0.717) is 6.61 Å². The number of benzene rings is 1. The number of rotatable bonds is 4. The van der Waals surface area contributed by atoms with Gasteiger partial charge in [-0.05, 0) is 28.9 Å². The maximum absolute atomic E-state index is 5.85. The van der Waals surface area contributed by atoms with Crippen molar-refractivity contribution in [1.29, 1.82) is 0 Å². The van der Waals surface area contributed by atoms with Crippen molar-refractivity contribution in [2.24, 2.45) is 5.41 Å². The molecule has 0 heterocycles. The van der Waals surface area contributed by atoms with Crippen LogP contribution in [0.25, 0.3) is 0 Å². The van der Waals surface area contributed by atoms with Gasteiger partial charge in [0.15, 0.2) is 0 Å². The van der Waals surface area contributed by atoms with Gasteiger partial charge in [0.25, 0.3) is 0 Å². The Morgan fingerprint density at radius 2 is 1.76 bits per heavy atom. The minimum absolute atomic E-state index is 0.112. The molecule has 0 saturated carbocycles. The third kappa shape index (κ3) is 4.63. The number of thiol groups is 1. The first-order valence-corrected chi connectivity index (χ1v) is 6.72. The van der Waals surface area contributed by atoms with Gasteiger partial charge < -0.3 is 4.74 Å². The maximum Gasteiger partial charge on any atom is 0.119 e. The van der Waals surface area contributed by atoms with E-state index in [2.05, 4.69) is 65.4 Å². The molecule has 17 heavy (non-hydrogen) atoms. The summed E-state index contributed by atoms with van der Waals surface area (Å²) in [5.41, 5.74) is 1.58. The van der Waals surface area contributed by atoms with Crippen LogP contribution in [-0.2, 0) is 5.41 Å². The van der Waals surface area contributed by atoms with Crippen LogP contribution in [0.2, 0.25) is 0 Å². The van der Waals surface area contributed by atoms with Gasteiger partial charge >= 0.3 is 0 Å². The lowest BCUT2D eigenvalue weighted by molar-refractivity contribution is 0.202. The van der Waals surface area contributed by atoms with Crippen molar-refractivity contribution in [3.05, 3.63) is 29.8 Å². The van der Waals surface area contributed by atoms with Gasteiger partial charge in [-0.1, -0.05) is 46.8 Å². The molecule has 96 valence electrons. The fourth-order valence-electron chi connectivity index (χ4n) is 1.38. The Labute approximate surface area is 111 Å². The SMILES string of the molecule is CC(C)(CS)COc1cccc(C(C)(C)C)c1. The average Bonchev–Trinajstić information content (AvgIpc) is 2.26. The molecule has 0 aliphatic heterocycles. The second-order valence-electron chi connectivity index (χ2n) is 6.39. The van der Waals surface area contributed by atoms with Gasteiger partial charge in [0.1, 0.15) is 5.75 Å². The van der Waals surface area contributed by atoms with Crippen molar-refractivity contribution in [2.75, 3.05) is 12.4 Å². The molecule has 0 N–H and O–H groups in total. The molecular weight excluding hydrogens is 228 g/mol. The second-order valence-corrected chi connectivity index (χ2v) is 6.71. The third-order valence-electron chi connectivity index (χ3n) is 2.76. The number of ether oxygens (including phenoxy) is 1. The highest BCUT2D eigenvalue weighted by Gasteiger charge is 2.18. The summed E-state index contributed by atoms with van der Waals surface area (Å²) in [4.78, 5) is 0. The van der Waals surface area contributed by atoms with Crippen molar-refractivity contribution in [3.63, 3.8) is 0 Å². The molecule has 0 amide bonds. The van der Waals surface area contributed by atoms with Crippen LogP contribution in [0, 0.1) is 5.41 Å². The average molecular weight is 252 g/mol. The van der Waals surface area contributed by atoms with Crippen LogP contribution in [-0.4, -0.2) is 12.4 Å². The molecule has 1 aromatic rings. The highest BCUT2D eigenvalue weighted by Crippen LogP contribution is 2.26. The molecule has 0 saturated heterocycles. The van der Waals surface area contributed by atoms with E-state index in [4.69, 9.17) is 4.74 Å². The van der Waals surface area contributed by atoms with Crippen LogP contribution in [0.1, 0.15) is 40.2 Å². The minimum atomic E-state index is 0.112. The highest BCUT2D eigenvalue weighted by atomic mass is 32.1. The van der Waals surface area contributed by atoms with Crippen molar-refractivity contribution >= 4 is 12.6 Å². The van der Waals surface area contributed by atoms with E-state index in [1.165, 1.54) is 5.56 Å². The monoisotopic (exact) mass is 252 g/mol. The van der Waals surface area contributed by atoms with Crippen molar-refractivity contribution in [3.8, 4) is 5.75 Å². The smallest absolute Gasteiger partial charge is 0.119 e. The van der Waals surface area contributed by atoms with E-state index in [1.54, 1.807) is 0 Å². The molecule has 1 aromatic carbocycles. The van der Waals surface area contributed by atoms with E-state index in [9.17, 15) is 0 Å². The Bertz CT molecular complexity index is 363. The van der Waals surface area contributed by atoms with Crippen LogP contribution in [0.4, 0.5) is 0 Å². The maximum atomic E-state index is 5.85. The molecule has 0 unspecified atom stereocenters. The zero-order chi connectivity index (χ0) is 13.1. The number of hydrogen-bond acceptors (Lipinski definition) is 2. The third-order valence-corrected chi connectivity index (χ3v) is 3.61. The Balaban J connectivity index is 2.74. The van der Waals surface area contributed by atoms with Crippen molar-refractivity contribution in [1.82, 2.24) is 0 Å². The fourth-order valence-corrected chi connectivity index (χ4v) is 1.47. The number of hydrogen-bond donors (Lipinski definition) is 1. The Morgan fingerprint density at radius 1 is 1.12 bits per heavy atom. The van der Waals surface area contributed by atoms with E-state index in [0.717, 1.165) is 11.5 Å². The predicted octanol–water partition coefficient (Wildman–Crippen LogP) is 4.32. The summed E-state index contributed by atoms with van der Waals surface area (Å²) in [6.07, 6.45) is 0. The zero-order valence-electron chi connectivity index (χ0n) is 11.6. The topological polar surface area (TPSA) is 9.23 Å². The Morgan fingerprint density at radius 3 is 2.29 bits per heavy atom. The lowest BCUT2D eigenvalue weighted by Gasteiger charge is -2.24. The lowest BCUT2D eigenvalue weighted by atomic mass is 9.87. The van der Waals surface area contributed by atoms with E-state index in [-0.39, 0.29) is 10.8 Å².